The molecule has 0 aromatic carbocycles. The lowest BCUT2D eigenvalue weighted by molar-refractivity contribution is 0.0651. The van der Waals surface area contributed by atoms with Gasteiger partial charge in [-0.05, 0) is 17.9 Å². The Labute approximate surface area is 105 Å². The number of hydrogen-bond donors (Lipinski definition) is 0. The average Bonchev–Trinajstić information content (AvgIpc) is 2.76. The van der Waals surface area contributed by atoms with Gasteiger partial charge in [-0.3, -0.25) is 9.69 Å². The fourth-order valence-corrected chi connectivity index (χ4v) is 2.78. The van der Waals surface area contributed by atoms with Crippen molar-refractivity contribution in [1.29, 1.82) is 5.26 Å². The summed E-state index contributed by atoms with van der Waals surface area (Å²) in [5.41, 5.74) is 1.88. The van der Waals surface area contributed by atoms with Crippen molar-refractivity contribution in [3.8, 4) is 6.07 Å². The summed E-state index contributed by atoms with van der Waals surface area (Å²) in [6.07, 6.45) is 0. The molecule has 1 aromatic heterocycles. The van der Waals surface area contributed by atoms with Crippen molar-refractivity contribution < 1.29 is 4.79 Å². The largest absolute Gasteiger partial charge is 0.336 e. The summed E-state index contributed by atoms with van der Waals surface area (Å²) in [4.78, 5) is 16.1. The summed E-state index contributed by atoms with van der Waals surface area (Å²) in [6, 6.07) is 2.14. The second-order valence-electron chi connectivity index (χ2n) is 4.19. The Morgan fingerprint density at radius 3 is 2.65 bits per heavy atom. The molecule has 0 atom stereocenters. The lowest BCUT2D eigenvalue weighted by Crippen LogP contribution is -2.48. The zero-order valence-electron chi connectivity index (χ0n) is 9.85. The fraction of sp³-hybridized carbons (Fsp3) is 0.500. The lowest BCUT2D eigenvalue weighted by Gasteiger charge is -2.33. The van der Waals surface area contributed by atoms with Crippen molar-refractivity contribution in [3.63, 3.8) is 0 Å². The molecular weight excluding hydrogens is 234 g/mol. The van der Waals surface area contributed by atoms with E-state index in [0.717, 1.165) is 37.3 Å². The van der Waals surface area contributed by atoms with Gasteiger partial charge in [-0.25, -0.2) is 0 Å². The van der Waals surface area contributed by atoms with E-state index in [4.69, 9.17) is 5.26 Å². The molecule has 1 fully saturated rings. The molecule has 0 saturated carbocycles. The molecule has 2 heterocycles. The summed E-state index contributed by atoms with van der Waals surface area (Å²) in [6.45, 7) is 5.45. The Balaban J connectivity index is 1.96. The molecule has 1 aliphatic heterocycles. The highest BCUT2D eigenvalue weighted by Crippen LogP contribution is 2.17. The molecule has 0 aliphatic carbocycles. The molecule has 90 valence electrons. The van der Waals surface area contributed by atoms with Crippen LogP contribution in [0.15, 0.2) is 10.8 Å². The van der Waals surface area contributed by atoms with Crippen LogP contribution in [0.3, 0.4) is 0 Å². The second kappa shape index (κ2) is 5.30. The average molecular weight is 249 g/mol. The molecule has 0 bridgehead atoms. The van der Waals surface area contributed by atoms with E-state index in [1.54, 1.807) is 11.3 Å². The standard InChI is InChI=1S/C12H15N3OS/c1-10-8-17-9-11(10)12(16)15-6-4-14(3-2-13)5-7-15/h8-9H,3-7H2,1H3. The van der Waals surface area contributed by atoms with Gasteiger partial charge in [0.25, 0.3) is 5.91 Å². The zero-order chi connectivity index (χ0) is 12.3. The SMILES string of the molecule is Cc1cscc1C(=O)N1CCN(CC#N)CC1. The monoisotopic (exact) mass is 249 g/mol. The van der Waals surface area contributed by atoms with Crippen molar-refractivity contribution in [3.05, 3.63) is 21.9 Å². The maximum Gasteiger partial charge on any atom is 0.255 e. The van der Waals surface area contributed by atoms with Gasteiger partial charge < -0.3 is 4.90 Å². The molecule has 0 unspecified atom stereocenters. The molecule has 1 amide bonds. The number of carbonyl (C=O) groups excluding carboxylic acids is 1. The first-order chi connectivity index (χ1) is 8.22. The number of amides is 1. The van der Waals surface area contributed by atoms with Crippen molar-refractivity contribution in [2.75, 3.05) is 32.7 Å². The van der Waals surface area contributed by atoms with E-state index in [1.165, 1.54) is 0 Å². The van der Waals surface area contributed by atoms with Gasteiger partial charge >= 0.3 is 0 Å². The molecule has 0 N–H and O–H groups in total. The van der Waals surface area contributed by atoms with Gasteiger partial charge in [0.05, 0.1) is 18.2 Å². The van der Waals surface area contributed by atoms with Crippen LogP contribution in [0.25, 0.3) is 0 Å². The van der Waals surface area contributed by atoms with Crippen LogP contribution >= 0.6 is 11.3 Å². The number of aryl methyl sites for hydroxylation is 1. The highest BCUT2D eigenvalue weighted by molar-refractivity contribution is 7.08. The molecule has 1 aliphatic rings. The molecular formula is C12H15N3OS. The van der Waals surface area contributed by atoms with E-state index >= 15 is 0 Å². The molecule has 2 rings (SSSR count). The van der Waals surface area contributed by atoms with Crippen molar-refractivity contribution in [2.24, 2.45) is 0 Å². The van der Waals surface area contributed by atoms with E-state index in [-0.39, 0.29) is 5.91 Å². The number of nitrogens with zero attached hydrogens (tertiary/aromatic N) is 3. The number of piperazine rings is 1. The third kappa shape index (κ3) is 2.65. The van der Waals surface area contributed by atoms with Crippen LogP contribution in [-0.4, -0.2) is 48.4 Å². The first-order valence-electron chi connectivity index (χ1n) is 5.63. The van der Waals surface area contributed by atoms with Gasteiger partial charge in [-0.1, -0.05) is 0 Å². The van der Waals surface area contributed by atoms with Crippen LogP contribution < -0.4 is 0 Å². The Hall–Kier alpha value is -1.38. The van der Waals surface area contributed by atoms with Crippen LogP contribution in [0, 0.1) is 18.3 Å². The minimum Gasteiger partial charge on any atom is -0.336 e. The number of thiophene rings is 1. The van der Waals surface area contributed by atoms with Crippen molar-refractivity contribution in [1.82, 2.24) is 9.80 Å². The van der Waals surface area contributed by atoms with E-state index in [2.05, 4.69) is 11.0 Å². The number of nitriles is 1. The minimum absolute atomic E-state index is 0.125. The van der Waals surface area contributed by atoms with Crippen molar-refractivity contribution >= 4 is 17.2 Å². The van der Waals surface area contributed by atoms with Gasteiger partial charge in [0.15, 0.2) is 0 Å². The minimum atomic E-state index is 0.125. The predicted octanol–water partition coefficient (Wildman–Crippen LogP) is 1.34. The van der Waals surface area contributed by atoms with E-state index in [0.29, 0.717) is 6.54 Å². The number of hydrogen-bond acceptors (Lipinski definition) is 4. The highest BCUT2D eigenvalue weighted by atomic mass is 32.1. The van der Waals surface area contributed by atoms with Gasteiger partial charge in [0, 0.05) is 31.6 Å². The molecule has 0 radical (unpaired) electrons. The van der Waals surface area contributed by atoms with Gasteiger partial charge in [-0.15, -0.1) is 0 Å². The summed E-state index contributed by atoms with van der Waals surface area (Å²) >= 11 is 1.57. The number of carbonyl (C=O) groups is 1. The summed E-state index contributed by atoms with van der Waals surface area (Å²) in [5, 5.41) is 12.5. The maximum atomic E-state index is 12.2. The molecule has 1 aromatic rings. The van der Waals surface area contributed by atoms with E-state index in [1.807, 2.05) is 22.6 Å². The summed E-state index contributed by atoms with van der Waals surface area (Å²) < 4.78 is 0. The van der Waals surface area contributed by atoms with Gasteiger partial charge in [0.2, 0.25) is 0 Å². The first-order valence-corrected chi connectivity index (χ1v) is 6.58. The molecule has 17 heavy (non-hydrogen) atoms. The molecule has 4 nitrogen and oxygen atoms in total. The molecule has 1 saturated heterocycles. The molecule has 5 heteroatoms. The van der Waals surface area contributed by atoms with Crippen LogP contribution in [-0.2, 0) is 0 Å². The highest BCUT2D eigenvalue weighted by Gasteiger charge is 2.22. The Morgan fingerprint density at radius 2 is 2.12 bits per heavy atom. The summed E-state index contributed by atoms with van der Waals surface area (Å²) in [5.74, 6) is 0.125. The van der Waals surface area contributed by atoms with Crippen LogP contribution in [0.4, 0.5) is 0 Å². The van der Waals surface area contributed by atoms with Crippen LogP contribution in [0.2, 0.25) is 0 Å². The Kier molecular flexibility index (Phi) is 3.77. The smallest absolute Gasteiger partial charge is 0.255 e. The van der Waals surface area contributed by atoms with Crippen LogP contribution in [0.5, 0.6) is 0 Å². The number of rotatable bonds is 2. The topological polar surface area (TPSA) is 47.3 Å². The fourth-order valence-electron chi connectivity index (χ4n) is 1.96. The Morgan fingerprint density at radius 1 is 1.41 bits per heavy atom. The first kappa shape index (κ1) is 12.1. The quantitative estimate of drug-likeness (QED) is 0.743. The third-order valence-corrected chi connectivity index (χ3v) is 3.90. The lowest BCUT2D eigenvalue weighted by atomic mass is 10.2. The van der Waals surface area contributed by atoms with Gasteiger partial charge in [-0.2, -0.15) is 16.6 Å². The van der Waals surface area contributed by atoms with Gasteiger partial charge in [0.1, 0.15) is 0 Å². The second-order valence-corrected chi connectivity index (χ2v) is 4.94. The van der Waals surface area contributed by atoms with Crippen molar-refractivity contribution in [2.45, 2.75) is 6.92 Å². The predicted molar refractivity (Wildman–Crippen MR) is 67.0 cm³/mol. The molecule has 0 spiro atoms. The zero-order valence-corrected chi connectivity index (χ0v) is 10.7. The van der Waals surface area contributed by atoms with E-state index in [9.17, 15) is 4.79 Å². The summed E-state index contributed by atoms with van der Waals surface area (Å²) in [7, 11) is 0. The van der Waals surface area contributed by atoms with Crippen LogP contribution in [0.1, 0.15) is 15.9 Å². The normalized spacial score (nSPS) is 16.8. The maximum absolute atomic E-state index is 12.2. The third-order valence-electron chi connectivity index (χ3n) is 3.04. The Bertz CT molecular complexity index is 441. The van der Waals surface area contributed by atoms with E-state index < -0.39 is 0 Å².